The lowest BCUT2D eigenvalue weighted by atomic mass is 10.2. The summed E-state index contributed by atoms with van der Waals surface area (Å²) in [5, 5.41) is 5.84. The molecule has 0 saturated carbocycles. The topological polar surface area (TPSA) is 76.7 Å². The van der Waals surface area contributed by atoms with Crippen molar-refractivity contribution in [3.05, 3.63) is 66.2 Å². The van der Waals surface area contributed by atoms with Crippen LogP contribution in [0.15, 0.2) is 60.7 Å². The Bertz CT molecular complexity index is 816. The van der Waals surface area contributed by atoms with Crippen molar-refractivity contribution in [2.75, 3.05) is 30.4 Å². The fraction of sp³-hybridized carbons (Fsp3) is 0.273. The van der Waals surface area contributed by atoms with Gasteiger partial charge in [0.1, 0.15) is 12.4 Å². The number of ether oxygens (including phenoxy) is 2. The molecule has 2 N–H and O–H groups in total. The van der Waals surface area contributed by atoms with Crippen LogP contribution in [0.1, 0.15) is 30.6 Å². The maximum atomic E-state index is 12.2. The number of hydrogen-bond acceptors (Lipinski definition) is 5. The predicted molar refractivity (Wildman–Crippen MR) is 111 cm³/mol. The highest BCUT2D eigenvalue weighted by atomic mass is 16.5. The van der Waals surface area contributed by atoms with Gasteiger partial charge in [0.05, 0.1) is 18.7 Å². The first-order valence-electron chi connectivity index (χ1n) is 9.16. The van der Waals surface area contributed by atoms with E-state index in [1.54, 1.807) is 36.4 Å². The van der Waals surface area contributed by atoms with E-state index < -0.39 is 0 Å². The van der Waals surface area contributed by atoms with Crippen molar-refractivity contribution in [2.24, 2.45) is 0 Å². The summed E-state index contributed by atoms with van der Waals surface area (Å²) in [6.07, 6.45) is 0.781. The number of hydrogen-bond donors (Lipinski definition) is 2. The van der Waals surface area contributed by atoms with Gasteiger partial charge in [0.2, 0.25) is 5.91 Å². The molecule has 6 heteroatoms. The summed E-state index contributed by atoms with van der Waals surface area (Å²) >= 11 is 0. The number of rotatable bonds is 10. The molecule has 2 aromatic carbocycles. The van der Waals surface area contributed by atoms with Crippen molar-refractivity contribution in [1.29, 1.82) is 0 Å². The van der Waals surface area contributed by atoms with Gasteiger partial charge in [-0.25, -0.2) is 4.79 Å². The van der Waals surface area contributed by atoms with Crippen molar-refractivity contribution >= 4 is 23.3 Å². The molecule has 1 amide bonds. The van der Waals surface area contributed by atoms with Crippen LogP contribution in [0.3, 0.4) is 0 Å². The summed E-state index contributed by atoms with van der Waals surface area (Å²) in [5.74, 6) is 0.127. The molecular weight excluding hydrogens is 356 g/mol. The first-order valence-corrected chi connectivity index (χ1v) is 9.16. The standard InChI is InChI=1S/C22H26N2O4/c1-4-12-27-22(26)17-8-10-18(11-9-17)23-14-21(25)24-19-6-5-7-20(13-19)28-15-16(2)3/h5-11,13,23H,2,4,12,14-15H2,1,3H3,(H,24,25). The van der Waals surface area contributed by atoms with Crippen molar-refractivity contribution in [2.45, 2.75) is 20.3 Å². The molecule has 28 heavy (non-hydrogen) atoms. The second kappa shape index (κ2) is 10.8. The normalized spacial score (nSPS) is 10.1. The van der Waals surface area contributed by atoms with E-state index in [0.717, 1.165) is 17.7 Å². The van der Waals surface area contributed by atoms with Crippen molar-refractivity contribution in [1.82, 2.24) is 0 Å². The molecule has 0 aliphatic heterocycles. The van der Waals surface area contributed by atoms with Crippen LogP contribution >= 0.6 is 0 Å². The Morgan fingerprint density at radius 3 is 2.50 bits per heavy atom. The van der Waals surface area contributed by atoms with E-state index in [1.165, 1.54) is 0 Å². The number of carbonyl (C=O) groups is 2. The maximum Gasteiger partial charge on any atom is 0.338 e. The minimum atomic E-state index is -0.347. The van der Waals surface area contributed by atoms with Crippen LogP contribution < -0.4 is 15.4 Å². The van der Waals surface area contributed by atoms with Gasteiger partial charge in [-0.15, -0.1) is 0 Å². The predicted octanol–water partition coefficient (Wildman–Crippen LogP) is 4.26. The van der Waals surface area contributed by atoms with E-state index in [2.05, 4.69) is 17.2 Å². The van der Waals surface area contributed by atoms with Gasteiger partial charge in [-0.2, -0.15) is 0 Å². The molecule has 0 fully saturated rings. The van der Waals surface area contributed by atoms with E-state index in [-0.39, 0.29) is 18.4 Å². The summed E-state index contributed by atoms with van der Waals surface area (Å²) < 4.78 is 10.7. The van der Waals surface area contributed by atoms with Gasteiger partial charge < -0.3 is 20.1 Å². The van der Waals surface area contributed by atoms with Crippen LogP contribution in [0.25, 0.3) is 0 Å². The number of benzene rings is 2. The van der Waals surface area contributed by atoms with Gasteiger partial charge >= 0.3 is 5.97 Å². The zero-order chi connectivity index (χ0) is 20.4. The number of esters is 1. The number of amides is 1. The number of nitrogens with one attached hydrogen (secondary N) is 2. The molecule has 6 nitrogen and oxygen atoms in total. The fourth-order valence-electron chi connectivity index (χ4n) is 2.26. The van der Waals surface area contributed by atoms with Crippen LogP contribution in [0.2, 0.25) is 0 Å². The van der Waals surface area contributed by atoms with Crippen molar-refractivity contribution in [3.63, 3.8) is 0 Å². The van der Waals surface area contributed by atoms with Crippen LogP contribution in [-0.2, 0) is 9.53 Å². The van der Waals surface area contributed by atoms with E-state index in [1.807, 2.05) is 26.0 Å². The Labute approximate surface area is 165 Å². The van der Waals surface area contributed by atoms with Crippen molar-refractivity contribution in [3.8, 4) is 5.75 Å². The third kappa shape index (κ3) is 7.15. The van der Waals surface area contributed by atoms with E-state index >= 15 is 0 Å². The molecule has 0 heterocycles. The quantitative estimate of drug-likeness (QED) is 0.474. The largest absolute Gasteiger partial charge is 0.489 e. The zero-order valence-electron chi connectivity index (χ0n) is 16.3. The Balaban J connectivity index is 1.83. The Morgan fingerprint density at radius 2 is 1.82 bits per heavy atom. The molecule has 0 aliphatic carbocycles. The van der Waals surface area contributed by atoms with E-state index in [9.17, 15) is 9.59 Å². The first kappa shape index (κ1) is 21.0. The molecule has 0 atom stereocenters. The summed E-state index contributed by atoms with van der Waals surface area (Å²) in [7, 11) is 0. The first-order chi connectivity index (χ1) is 13.5. The van der Waals surface area contributed by atoms with Gasteiger partial charge in [-0.3, -0.25) is 4.79 Å². The molecule has 0 radical (unpaired) electrons. The van der Waals surface area contributed by atoms with Crippen LogP contribution in [-0.4, -0.2) is 31.6 Å². The smallest absolute Gasteiger partial charge is 0.338 e. The second-order valence-corrected chi connectivity index (χ2v) is 6.39. The zero-order valence-corrected chi connectivity index (χ0v) is 16.3. The molecule has 0 aliphatic rings. The molecule has 0 spiro atoms. The van der Waals surface area contributed by atoms with E-state index in [4.69, 9.17) is 9.47 Å². The summed E-state index contributed by atoms with van der Waals surface area (Å²) in [6.45, 7) is 8.55. The Morgan fingerprint density at radius 1 is 1.07 bits per heavy atom. The molecule has 0 aromatic heterocycles. The Hall–Kier alpha value is -3.28. The van der Waals surface area contributed by atoms with Gasteiger partial charge in [-0.1, -0.05) is 19.6 Å². The van der Waals surface area contributed by atoms with Gasteiger partial charge in [0.25, 0.3) is 0 Å². The lowest BCUT2D eigenvalue weighted by Gasteiger charge is -2.10. The van der Waals surface area contributed by atoms with Gasteiger partial charge in [0.15, 0.2) is 0 Å². The number of anilines is 2. The molecule has 2 rings (SSSR count). The third-order valence-corrected chi connectivity index (χ3v) is 3.61. The monoisotopic (exact) mass is 382 g/mol. The lowest BCUT2D eigenvalue weighted by molar-refractivity contribution is -0.114. The highest BCUT2D eigenvalue weighted by Crippen LogP contribution is 2.18. The molecule has 0 unspecified atom stereocenters. The van der Waals surface area contributed by atoms with Gasteiger partial charge in [0, 0.05) is 17.4 Å². The summed E-state index contributed by atoms with van der Waals surface area (Å²) in [4.78, 5) is 23.9. The molecule has 0 saturated heterocycles. The highest BCUT2D eigenvalue weighted by Gasteiger charge is 2.07. The Kier molecular flexibility index (Phi) is 8.09. The summed E-state index contributed by atoms with van der Waals surface area (Å²) in [5.41, 5.74) is 2.79. The molecule has 2 aromatic rings. The van der Waals surface area contributed by atoms with Crippen molar-refractivity contribution < 1.29 is 19.1 Å². The second-order valence-electron chi connectivity index (χ2n) is 6.39. The minimum absolute atomic E-state index is 0.0937. The maximum absolute atomic E-state index is 12.2. The van der Waals surface area contributed by atoms with Crippen LogP contribution in [0, 0.1) is 0 Å². The highest BCUT2D eigenvalue weighted by molar-refractivity contribution is 5.94. The van der Waals surface area contributed by atoms with Gasteiger partial charge in [-0.05, 0) is 55.3 Å². The lowest BCUT2D eigenvalue weighted by Crippen LogP contribution is -2.21. The molecule has 148 valence electrons. The fourth-order valence-corrected chi connectivity index (χ4v) is 2.26. The van der Waals surface area contributed by atoms with Crippen LogP contribution in [0.5, 0.6) is 5.75 Å². The van der Waals surface area contributed by atoms with E-state index in [0.29, 0.717) is 30.2 Å². The average Bonchev–Trinajstić information content (AvgIpc) is 2.69. The van der Waals surface area contributed by atoms with Crippen LogP contribution in [0.4, 0.5) is 11.4 Å². The third-order valence-electron chi connectivity index (χ3n) is 3.61. The number of carbonyl (C=O) groups excluding carboxylic acids is 2. The summed E-state index contributed by atoms with van der Waals surface area (Å²) in [6, 6.07) is 14.0. The SMILES string of the molecule is C=C(C)COc1cccc(NC(=O)CNc2ccc(C(=O)OCCC)cc2)c1. The molecule has 0 bridgehead atoms. The average molecular weight is 382 g/mol. The molecular formula is C22H26N2O4. The minimum Gasteiger partial charge on any atom is -0.489 e.